The molecule has 1 N–H and O–H groups in total. The summed E-state index contributed by atoms with van der Waals surface area (Å²) in [5.74, 6) is 0.673. The van der Waals surface area contributed by atoms with Crippen molar-refractivity contribution in [3.05, 3.63) is 42.6 Å². The summed E-state index contributed by atoms with van der Waals surface area (Å²) < 4.78 is 14.7. The highest BCUT2D eigenvalue weighted by molar-refractivity contribution is 8.00. The van der Waals surface area contributed by atoms with E-state index in [1.165, 1.54) is 43.1 Å². The summed E-state index contributed by atoms with van der Waals surface area (Å²) in [5.41, 5.74) is 1.34. The minimum Gasteiger partial charge on any atom is -0.355 e. The van der Waals surface area contributed by atoms with Gasteiger partial charge in [-0.1, -0.05) is 11.8 Å². The van der Waals surface area contributed by atoms with Crippen molar-refractivity contribution in [3.63, 3.8) is 0 Å². The van der Waals surface area contributed by atoms with Crippen LogP contribution in [0.1, 0.15) is 12.8 Å². The van der Waals surface area contributed by atoms with Gasteiger partial charge < -0.3 is 5.32 Å². The first-order chi connectivity index (χ1) is 12.2. The van der Waals surface area contributed by atoms with E-state index in [0.717, 1.165) is 11.9 Å². The van der Waals surface area contributed by atoms with Crippen LogP contribution >= 0.6 is 11.8 Å². The number of rotatable bonds is 6. The average molecular weight is 357 g/mol. The average Bonchev–Trinajstić information content (AvgIpc) is 3.36. The molecular weight excluding hydrogens is 341 g/mol. The summed E-state index contributed by atoms with van der Waals surface area (Å²) in [6.45, 7) is 0.765. The lowest BCUT2D eigenvalue weighted by molar-refractivity contribution is -0.118. The van der Waals surface area contributed by atoms with Crippen molar-refractivity contribution in [1.29, 1.82) is 0 Å². The number of nitrogens with zero attached hydrogens (tertiary/aromatic N) is 4. The van der Waals surface area contributed by atoms with Gasteiger partial charge in [0.2, 0.25) is 5.91 Å². The third-order valence-electron chi connectivity index (χ3n) is 4.03. The molecule has 0 atom stereocenters. The standard InChI is InChI=1S/C17H16FN5OS/c18-12-3-5-13(6-4-12)23-16-14(8-22-23)17(21-10-20-16)25-9-15(24)19-7-11-1-2-11/h3-6,8,10-11H,1-2,7,9H2,(H,19,24). The predicted octanol–water partition coefficient (Wildman–Crippen LogP) is 2.57. The third-order valence-corrected chi connectivity index (χ3v) is 5.03. The molecule has 128 valence electrons. The summed E-state index contributed by atoms with van der Waals surface area (Å²) in [6.07, 6.45) is 5.54. The van der Waals surface area contributed by atoms with Crippen molar-refractivity contribution >= 4 is 28.7 Å². The van der Waals surface area contributed by atoms with Gasteiger partial charge in [-0.25, -0.2) is 19.0 Å². The van der Waals surface area contributed by atoms with E-state index in [4.69, 9.17) is 0 Å². The molecule has 1 saturated carbocycles. The molecule has 8 heteroatoms. The number of benzene rings is 1. The fourth-order valence-corrected chi connectivity index (χ4v) is 3.27. The maximum absolute atomic E-state index is 13.1. The van der Waals surface area contributed by atoms with E-state index in [0.29, 0.717) is 28.0 Å². The van der Waals surface area contributed by atoms with Crippen LogP contribution in [0.4, 0.5) is 4.39 Å². The molecule has 3 aromatic rings. The maximum Gasteiger partial charge on any atom is 0.230 e. The number of nitrogens with one attached hydrogen (secondary N) is 1. The van der Waals surface area contributed by atoms with Crippen LogP contribution in [0.15, 0.2) is 41.8 Å². The molecule has 2 heterocycles. The number of thioether (sulfide) groups is 1. The van der Waals surface area contributed by atoms with Crippen LogP contribution in [0.5, 0.6) is 0 Å². The first kappa shape index (κ1) is 16.0. The SMILES string of the molecule is O=C(CSc1ncnc2c1cnn2-c1ccc(F)cc1)NCC1CC1. The van der Waals surface area contributed by atoms with Crippen molar-refractivity contribution in [2.24, 2.45) is 5.92 Å². The normalized spacial score (nSPS) is 14.0. The van der Waals surface area contributed by atoms with Crippen LogP contribution in [-0.4, -0.2) is 38.0 Å². The van der Waals surface area contributed by atoms with E-state index in [9.17, 15) is 9.18 Å². The van der Waals surface area contributed by atoms with Crippen molar-refractivity contribution in [2.45, 2.75) is 17.9 Å². The molecule has 1 aromatic carbocycles. The summed E-state index contributed by atoms with van der Waals surface area (Å²) in [5, 5.41) is 8.75. The molecular formula is C17H16FN5OS. The molecule has 4 rings (SSSR count). The Balaban J connectivity index is 1.52. The van der Waals surface area contributed by atoms with E-state index in [-0.39, 0.29) is 11.7 Å². The second-order valence-corrected chi connectivity index (χ2v) is 6.95. The second-order valence-electron chi connectivity index (χ2n) is 5.99. The molecule has 6 nitrogen and oxygen atoms in total. The number of carbonyl (C=O) groups is 1. The fourth-order valence-electron chi connectivity index (χ4n) is 2.47. The van der Waals surface area contributed by atoms with Gasteiger partial charge in [0.15, 0.2) is 5.65 Å². The lowest BCUT2D eigenvalue weighted by Crippen LogP contribution is -2.27. The number of carbonyl (C=O) groups excluding carboxylic acids is 1. The molecule has 1 amide bonds. The first-order valence-corrected chi connectivity index (χ1v) is 9.03. The van der Waals surface area contributed by atoms with Crippen molar-refractivity contribution in [2.75, 3.05) is 12.3 Å². The number of amides is 1. The van der Waals surface area contributed by atoms with Gasteiger partial charge in [0, 0.05) is 6.54 Å². The molecule has 1 aliphatic rings. The van der Waals surface area contributed by atoms with Crippen LogP contribution in [-0.2, 0) is 4.79 Å². The summed E-state index contributed by atoms with van der Waals surface area (Å²) in [4.78, 5) is 20.5. The van der Waals surface area contributed by atoms with Crippen LogP contribution in [0, 0.1) is 11.7 Å². The van der Waals surface area contributed by atoms with Gasteiger partial charge >= 0.3 is 0 Å². The molecule has 0 saturated heterocycles. The third kappa shape index (κ3) is 3.63. The second kappa shape index (κ2) is 6.79. The monoisotopic (exact) mass is 357 g/mol. The van der Waals surface area contributed by atoms with E-state index in [1.807, 2.05) is 0 Å². The molecule has 0 bridgehead atoms. The Bertz CT molecular complexity index is 907. The number of fused-ring (bicyclic) bond motifs is 1. The van der Waals surface area contributed by atoms with E-state index in [2.05, 4.69) is 20.4 Å². The van der Waals surface area contributed by atoms with E-state index >= 15 is 0 Å². The van der Waals surface area contributed by atoms with Gasteiger partial charge in [-0.2, -0.15) is 5.10 Å². The fraction of sp³-hybridized carbons (Fsp3) is 0.294. The molecule has 25 heavy (non-hydrogen) atoms. The topological polar surface area (TPSA) is 72.7 Å². The van der Waals surface area contributed by atoms with Gasteiger partial charge in [-0.3, -0.25) is 4.79 Å². The molecule has 0 unspecified atom stereocenters. The van der Waals surface area contributed by atoms with Crippen LogP contribution in [0.25, 0.3) is 16.7 Å². The van der Waals surface area contributed by atoms with Crippen molar-refractivity contribution in [3.8, 4) is 5.69 Å². The lowest BCUT2D eigenvalue weighted by atomic mass is 10.3. The van der Waals surface area contributed by atoms with Gasteiger partial charge in [-0.15, -0.1) is 0 Å². The summed E-state index contributed by atoms with van der Waals surface area (Å²) in [6, 6.07) is 6.04. The minimum absolute atomic E-state index is 0.00888. The highest BCUT2D eigenvalue weighted by Gasteiger charge is 2.21. The molecule has 0 radical (unpaired) electrons. The van der Waals surface area contributed by atoms with E-state index in [1.54, 1.807) is 23.0 Å². The number of hydrogen-bond acceptors (Lipinski definition) is 5. The first-order valence-electron chi connectivity index (χ1n) is 8.05. The molecule has 1 fully saturated rings. The zero-order chi connectivity index (χ0) is 17.2. The Labute approximate surface area is 147 Å². The zero-order valence-electron chi connectivity index (χ0n) is 13.4. The van der Waals surface area contributed by atoms with Crippen LogP contribution in [0.3, 0.4) is 0 Å². The predicted molar refractivity (Wildman–Crippen MR) is 93.1 cm³/mol. The van der Waals surface area contributed by atoms with Crippen LogP contribution < -0.4 is 5.32 Å². The van der Waals surface area contributed by atoms with Crippen molar-refractivity contribution in [1.82, 2.24) is 25.1 Å². The Kier molecular flexibility index (Phi) is 4.35. The van der Waals surface area contributed by atoms with E-state index < -0.39 is 0 Å². The van der Waals surface area contributed by atoms with Gasteiger partial charge in [0.1, 0.15) is 17.2 Å². The Hall–Kier alpha value is -2.48. The van der Waals surface area contributed by atoms with Gasteiger partial charge in [0.25, 0.3) is 0 Å². The Morgan fingerprint density at radius 3 is 2.84 bits per heavy atom. The summed E-state index contributed by atoms with van der Waals surface area (Å²) >= 11 is 1.36. The Morgan fingerprint density at radius 2 is 2.08 bits per heavy atom. The van der Waals surface area contributed by atoms with Crippen molar-refractivity contribution < 1.29 is 9.18 Å². The zero-order valence-corrected chi connectivity index (χ0v) is 14.2. The molecule has 2 aromatic heterocycles. The quantitative estimate of drug-likeness (QED) is 0.542. The number of hydrogen-bond donors (Lipinski definition) is 1. The highest BCUT2D eigenvalue weighted by atomic mass is 32.2. The number of aromatic nitrogens is 4. The van der Waals surface area contributed by atoms with Gasteiger partial charge in [0.05, 0.1) is 23.0 Å². The molecule has 0 aliphatic heterocycles. The molecule has 1 aliphatic carbocycles. The smallest absolute Gasteiger partial charge is 0.230 e. The van der Waals surface area contributed by atoms with Crippen LogP contribution in [0.2, 0.25) is 0 Å². The highest BCUT2D eigenvalue weighted by Crippen LogP contribution is 2.28. The molecule has 0 spiro atoms. The largest absolute Gasteiger partial charge is 0.355 e. The van der Waals surface area contributed by atoms with Gasteiger partial charge in [-0.05, 0) is 43.0 Å². The summed E-state index contributed by atoms with van der Waals surface area (Å²) in [7, 11) is 0. The number of halogens is 1. The lowest BCUT2D eigenvalue weighted by Gasteiger charge is -2.05. The maximum atomic E-state index is 13.1. The minimum atomic E-state index is -0.303. The Morgan fingerprint density at radius 1 is 1.28 bits per heavy atom.